The van der Waals surface area contributed by atoms with Crippen molar-refractivity contribution in [3.63, 3.8) is 0 Å². The highest BCUT2D eigenvalue weighted by Gasteiger charge is 2.23. The molecule has 1 fully saturated rings. The third-order valence-electron chi connectivity index (χ3n) is 6.14. The molecule has 178 valence electrons. The van der Waals surface area contributed by atoms with Gasteiger partial charge in [-0.25, -0.2) is 4.39 Å². The molecule has 2 heterocycles. The number of halogens is 1. The van der Waals surface area contributed by atoms with Crippen molar-refractivity contribution < 1.29 is 13.9 Å². The minimum Gasteiger partial charge on any atom is -0.372 e. The van der Waals surface area contributed by atoms with Gasteiger partial charge in [0.25, 0.3) is 5.91 Å². The summed E-state index contributed by atoms with van der Waals surface area (Å²) in [6.07, 6.45) is 0.303. The molecule has 1 N–H and O–H groups in total. The molecular weight excluding hydrogens is 429 g/mol. The van der Waals surface area contributed by atoms with Gasteiger partial charge in [0.2, 0.25) is 0 Å². The van der Waals surface area contributed by atoms with Crippen LogP contribution < -0.4 is 10.2 Å². The van der Waals surface area contributed by atoms with Gasteiger partial charge in [-0.2, -0.15) is 0 Å². The predicted molar refractivity (Wildman–Crippen MR) is 134 cm³/mol. The zero-order chi connectivity index (χ0) is 24.4. The van der Waals surface area contributed by atoms with Crippen LogP contribution in [0.1, 0.15) is 46.7 Å². The maximum Gasteiger partial charge on any atom is 0.251 e. The molecule has 1 saturated heterocycles. The summed E-state index contributed by atoms with van der Waals surface area (Å²) >= 11 is 0. The predicted octanol–water partition coefficient (Wildman–Crippen LogP) is 5.36. The van der Waals surface area contributed by atoms with E-state index in [-0.39, 0.29) is 23.9 Å². The summed E-state index contributed by atoms with van der Waals surface area (Å²) in [5, 5.41) is 3.04. The Balaban J connectivity index is 1.67. The zero-order valence-corrected chi connectivity index (χ0v) is 20.5. The molecule has 1 aromatic heterocycles. The van der Waals surface area contributed by atoms with Gasteiger partial charge in [0, 0.05) is 42.3 Å². The number of ether oxygens (including phenoxy) is 1. The highest BCUT2D eigenvalue weighted by atomic mass is 19.1. The van der Waals surface area contributed by atoms with Crippen LogP contribution >= 0.6 is 0 Å². The molecule has 4 rings (SSSR count). The maximum absolute atomic E-state index is 13.5. The Hall–Kier alpha value is -3.25. The molecule has 1 amide bonds. The minimum atomic E-state index is -0.346. The fourth-order valence-corrected chi connectivity index (χ4v) is 4.74. The van der Waals surface area contributed by atoms with E-state index in [2.05, 4.69) is 59.4 Å². The Morgan fingerprint density at radius 3 is 2.35 bits per heavy atom. The molecule has 5 nitrogen and oxygen atoms in total. The molecule has 2 aromatic carbocycles. The lowest BCUT2D eigenvalue weighted by Crippen LogP contribution is -2.45. The van der Waals surface area contributed by atoms with Gasteiger partial charge in [0.1, 0.15) is 5.82 Å². The molecule has 6 heteroatoms. The number of amides is 1. The molecular formula is C28H32FN3O2. The lowest BCUT2D eigenvalue weighted by molar-refractivity contribution is -0.00522. The zero-order valence-electron chi connectivity index (χ0n) is 20.5. The Morgan fingerprint density at radius 2 is 1.71 bits per heavy atom. The van der Waals surface area contributed by atoms with Gasteiger partial charge in [0.15, 0.2) is 0 Å². The largest absolute Gasteiger partial charge is 0.372 e. The Kier molecular flexibility index (Phi) is 6.98. The van der Waals surface area contributed by atoms with Crippen LogP contribution in [-0.4, -0.2) is 36.2 Å². The summed E-state index contributed by atoms with van der Waals surface area (Å²) in [6, 6.07) is 14.8. The number of carbonyl (C=O) groups excluding carboxylic acids is 1. The van der Waals surface area contributed by atoms with Crippen LogP contribution in [0, 0.1) is 26.6 Å². The van der Waals surface area contributed by atoms with E-state index in [4.69, 9.17) is 4.74 Å². The summed E-state index contributed by atoms with van der Waals surface area (Å²) in [5.41, 5.74) is 7.25. The van der Waals surface area contributed by atoms with E-state index in [1.165, 1.54) is 18.2 Å². The van der Waals surface area contributed by atoms with E-state index in [0.717, 1.165) is 46.9 Å². The van der Waals surface area contributed by atoms with Crippen molar-refractivity contribution in [2.75, 3.05) is 18.0 Å². The fourth-order valence-electron chi connectivity index (χ4n) is 4.74. The number of pyridine rings is 1. The van der Waals surface area contributed by atoms with Gasteiger partial charge in [-0.15, -0.1) is 0 Å². The van der Waals surface area contributed by atoms with Gasteiger partial charge >= 0.3 is 0 Å². The number of carbonyl (C=O) groups is 1. The molecule has 34 heavy (non-hydrogen) atoms. The van der Waals surface area contributed by atoms with Gasteiger partial charge in [-0.1, -0.05) is 6.07 Å². The Labute approximate surface area is 201 Å². The molecule has 1 aliphatic heterocycles. The van der Waals surface area contributed by atoms with E-state index in [1.54, 1.807) is 6.92 Å². The molecule has 3 aromatic rings. The minimum absolute atomic E-state index is 0.151. The van der Waals surface area contributed by atoms with Crippen LogP contribution in [0.15, 0.2) is 48.5 Å². The Bertz CT molecular complexity index is 1180. The molecule has 0 saturated carbocycles. The number of morpholine rings is 1. The average molecular weight is 462 g/mol. The second-order valence-corrected chi connectivity index (χ2v) is 9.28. The first-order valence-electron chi connectivity index (χ1n) is 11.7. The van der Waals surface area contributed by atoms with Crippen molar-refractivity contribution in [3.8, 4) is 11.1 Å². The topological polar surface area (TPSA) is 54.5 Å². The van der Waals surface area contributed by atoms with E-state index in [9.17, 15) is 9.18 Å². The molecule has 2 unspecified atom stereocenters. The van der Waals surface area contributed by atoms with E-state index >= 15 is 0 Å². The first kappa shape index (κ1) is 23.9. The lowest BCUT2D eigenvalue weighted by Gasteiger charge is -2.37. The number of benzene rings is 2. The SMILES string of the molecule is Cc1cc(-c2ccc(N3CC(C)OC(C)C3)cc2CNC(=O)c2ccc(F)cc2C)cc(C)n1. The van der Waals surface area contributed by atoms with Crippen LogP contribution in [0.4, 0.5) is 10.1 Å². The van der Waals surface area contributed by atoms with Gasteiger partial charge in [0.05, 0.1) is 12.2 Å². The van der Waals surface area contributed by atoms with Crippen LogP contribution in [0.3, 0.4) is 0 Å². The summed E-state index contributed by atoms with van der Waals surface area (Å²) in [5.74, 6) is -0.564. The van der Waals surface area contributed by atoms with E-state index in [0.29, 0.717) is 17.7 Å². The van der Waals surface area contributed by atoms with Gasteiger partial charge in [-0.3, -0.25) is 9.78 Å². The van der Waals surface area contributed by atoms with Crippen LogP contribution in [0.25, 0.3) is 11.1 Å². The molecule has 0 aliphatic carbocycles. The summed E-state index contributed by atoms with van der Waals surface area (Å²) < 4.78 is 19.4. The summed E-state index contributed by atoms with van der Waals surface area (Å²) in [6.45, 7) is 11.9. The first-order valence-corrected chi connectivity index (χ1v) is 11.7. The van der Waals surface area contributed by atoms with Crippen molar-refractivity contribution in [1.29, 1.82) is 0 Å². The third-order valence-corrected chi connectivity index (χ3v) is 6.14. The number of rotatable bonds is 5. The van der Waals surface area contributed by atoms with Crippen molar-refractivity contribution in [1.82, 2.24) is 10.3 Å². The maximum atomic E-state index is 13.5. The van der Waals surface area contributed by atoms with E-state index in [1.807, 2.05) is 13.8 Å². The smallest absolute Gasteiger partial charge is 0.251 e. The van der Waals surface area contributed by atoms with Gasteiger partial charge in [-0.05, 0) is 99.3 Å². The van der Waals surface area contributed by atoms with Crippen LogP contribution in [-0.2, 0) is 11.3 Å². The summed E-state index contributed by atoms with van der Waals surface area (Å²) in [7, 11) is 0. The standard InChI is InChI=1S/C28H32FN3O2/c1-17-10-24(29)6-8-26(17)28(33)30-14-23-13-25(32-15-20(4)34-21(5)16-32)7-9-27(23)22-11-18(2)31-19(3)12-22/h6-13,20-21H,14-16H2,1-5H3,(H,30,33). The number of anilines is 1. The monoisotopic (exact) mass is 461 g/mol. The number of nitrogens with zero attached hydrogens (tertiary/aromatic N) is 2. The first-order chi connectivity index (χ1) is 16.2. The molecule has 1 aliphatic rings. The van der Waals surface area contributed by atoms with Crippen molar-refractivity contribution in [3.05, 3.63) is 82.4 Å². The molecule has 0 bridgehead atoms. The quantitative estimate of drug-likeness (QED) is 0.556. The fraction of sp³-hybridized carbons (Fsp3) is 0.357. The average Bonchev–Trinajstić information content (AvgIpc) is 2.76. The normalized spacial score (nSPS) is 18.1. The second kappa shape index (κ2) is 9.94. The highest BCUT2D eigenvalue weighted by molar-refractivity contribution is 5.95. The number of hydrogen-bond donors (Lipinski definition) is 1. The molecule has 0 radical (unpaired) electrons. The highest BCUT2D eigenvalue weighted by Crippen LogP contribution is 2.30. The van der Waals surface area contributed by atoms with Crippen molar-refractivity contribution >= 4 is 11.6 Å². The van der Waals surface area contributed by atoms with E-state index < -0.39 is 0 Å². The van der Waals surface area contributed by atoms with Crippen molar-refractivity contribution in [2.45, 2.75) is 53.4 Å². The van der Waals surface area contributed by atoms with Gasteiger partial charge < -0.3 is 15.0 Å². The number of aromatic nitrogens is 1. The second-order valence-electron chi connectivity index (χ2n) is 9.28. The number of nitrogens with one attached hydrogen (secondary N) is 1. The lowest BCUT2D eigenvalue weighted by atomic mass is 9.97. The number of aryl methyl sites for hydroxylation is 3. The molecule has 0 spiro atoms. The number of hydrogen-bond acceptors (Lipinski definition) is 4. The third kappa shape index (κ3) is 5.45. The van der Waals surface area contributed by atoms with Crippen molar-refractivity contribution in [2.24, 2.45) is 0 Å². The Morgan fingerprint density at radius 1 is 1.03 bits per heavy atom. The summed E-state index contributed by atoms with van der Waals surface area (Å²) in [4.78, 5) is 19.7. The molecule has 2 atom stereocenters. The van der Waals surface area contributed by atoms with Crippen LogP contribution in [0.5, 0.6) is 0 Å². The van der Waals surface area contributed by atoms with Crippen LogP contribution in [0.2, 0.25) is 0 Å².